The first-order chi connectivity index (χ1) is 17.8. The van der Waals surface area contributed by atoms with Gasteiger partial charge in [0.25, 0.3) is 0 Å². The topological polar surface area (TPSA) is 12.0 Å². The summed E-state index contributed by atoms with van der Waals surface area (Å²) in [6, 6.07) is 47.8. The van der Waals surface area contributed by atoms with Crippen LogP contribution in [0, 0.1) is 0 Å². The van der Waals surface area contributed by atoms with Gasteiger partial charge < -0.3 is 5.32 Å². The standard InChI is InChI=1S/C34H23NS/c1-2-6-23(7-3-1)24-10-16-28(17-11-24)35-29-18-12-25(13-19-29)27-15-21-33-32(22-27)31-20-14-26-8-4-5-9-30(26)34(31)36-33/h1-22,35H. The van der Waals surface area contributed by atoms with Crippen molar-refractivity contribution in [1.29, 1.82) is 0 Å². The number of hydrogen-bond acceptors (Lipinski definition) is 2. The van der Waals surface area contributed by atoms with Gasteiger partial charge in [0, 0.05) is 31.5 Å². The molecule has 2 heteroatoms. The van der Waals surface area contributed by atoms with Gasteiger partial charge in [-0.15, -0.1) is 11.3 Å². The summed E-state index contributed by atoms with van der Waals surface area (Å²) >= 11 is 1.89. The van der Waals surface area contributed by atoms with Gasteiger partial charge in [0.15, 0.2) is 0 Å². The molecule has 6 aromatic carbocycles. The Morgan fingerprint density at radius 3 is 1.78 bits per heavy atom. The van der Waals surface area contributed by atoms with Crippen molar-refractivity contribution in [1.82, 2.24) is 0 Å². The van der Waals surface area contributed by atoms with E-state index in [4.69, 9.17) is 0 Å². The predicted molar refractivity (Wildman–Crippen MR) is 157 cm³/mol. The highest BCUT2D eigenvalue weighted by atomic mass is 32.1. The third-order valence-corrected chi connectivity index (χ3v) is 8.08. The number of benzene rings is 6. The van der Waals surface area contributed by atoms with Crippen molar-refractivity contribution in [3.63, 3.8) is 0 Å². The zero-order chi connectivity index (χ0) is 23.9. The zero-order valence-corrected chi connectivity index (χ0v) is 20.4. The van der Waals surface area contributed by atoms with E-state index >= 15 is 0 Å². The van der Waals surface area contributed by atoms with Crippen molar-refractivity contribution in [2.24, 2.45) is 0 Å². The Morgan fingerprint density at radius 2 is 1.03 bits per heavy atom. The van der Waals surface area contributed by atoms with E-state index < -0.39 is 0 Å². The van der Waals surface area contributed by atoms with Gasteiger partial charge in [0.1, 0.15) is 0 Å². The van der Waals surface area contributed by atoms with E-state index in [0.717, 1.165) is 11.4 Å². The Morgan fingerprint density at radius 1 is 0.417 bits per heavy atom. The second kappa shape index (κ2) is 8.67. The first-order valence-corrected chi connectivity index (χ1v) is 13.0. The van der Waals surface area contributed by atoms with Gasteiger partial charge in [-0.3, -0.25) is 0 Å². The predicted octanol–water partition coefficient (Wildman–Crippen LogP) is 10.3. The van der Waals surface area contributed by atoms with Crippen LogP contribution in [0.15, 0.2) is 133 Å². The first-order valence-electron chi connectivity index (χ1n) is 12.2. The number of hydrogen-bond donors (Lipinski definition) is 1. The van der Waals surface area contributed by atoms with Gasteiger partial charge in [0.05, 0.1) is 0 Å². The summed E-state index contributed by atoms with van der Waals surface area (Å²) in [5.41, 5.74) is 7.09. The van der Waals surface area contributed by atoms with Crippen LogP contribution in [-0.4, -0.2) is 0 Å². The van der Waals surface area contributed by atoms with E-state index in [1.807, 2.05) is 17.4 Å². The van der Waals surface area contributed by atoms with Gasteiger partial charge in [-0.1, -0.05) is 97.1 Å². The highest BCUT2D eigenvalue weighted by Crippen LogP contribution is 2.40. The van der Waals surface area contributed by atoms with Crippen LogP contribution >= 0.6 is 11.3 Å². The van der Waals surface area contributed by atoms with Gasteiger partial charge in [-0.25, -0.2) is 0 Å². The lowest BCUT2D eigenvalue weighted by atomic mass is 10.0. The molecule has 1 nitrogen and oxygen atoms in total. The SMILES string of the molecule is c1ccc(-c2ccc(Nc3ccc(-c4ccc5sc6c7ccccc7ccc6c5c4)cc3)cc2)cc1. The third-order valence-electron chi connectivity index (χ3n) is 6.86. The fourth-order valence-electron chi connectivity index (χ4n) is 4.97. The summed E-state index contributed by atoms with van der Waals surface area (Å²) in [5.74, 6) is 0. The van der Waals surface area contributed by atoms with Crippen LogP contribution in [0.3, 0.4) is 0 Å². The summed E-state index contributed by atoms with van der Waals surface area (Å²) in [7, 11) is 0. The molecule has 7 aromatic rings. The summed E-state index contributed by atoms with van der Waals surface area (Å²) in [6.07, 6.45) is 0. The number of fused-ring (bicyclic) bond motifs is 5. The molecule has 0 fully saturated rings. The van der Waals surface area contributed by atoms with Gasteiger partial charge in [-0.2, -0.15) is 0 Å². The van der Waals surface area contributed by atoms with Crippen LogP contribution in [0.4, 0.5) is 11.4 Å². The first kappa shape index (κ1) is 20.9. The number of nitrogens with one attached hydrogen (secondary N) is 1. The molecule has 0 bridgehead atoms. The Balaban J connectivity index is 1.16. The number of thiophene rings is 1. The fourth-order valence-corrected chi connectivity index (χ4v) is 6.19. The van der Waals surface area contributed by atoms with E-state index in [1.54, 1.807) is 0 Å². The van der Waals surface area contributed by atoms with E-state index in [1.165, 1.54) is 53.2 Å². The molecule has 170 valence electrons. The van der Waals surface area contributed by atoms with E-state index in [0.29, 0.717) is 0 Å². The summed E-state index contributed by atoms with van der Waals surface area (Å²) in [6.45, 7) is 0. The van der Waals surface area contributed by atoms with Crippen molar-refractivity contribution in [3.05, 3.63) is 133 Å². The van der Waals surface area contributed by atoms with Gasteiger partial charge in [-0.05, 0) is 69.4 Å². The molecule has 0 saturated carbocycles. The molecule has 0 amide bonds. The zero-order valence-electron chi connectivity index (χ0n) is 19.6. The summed E-state index contributed by atoms with van der Waals surface area (Å²) < 4.78 is 2.71. The lowest BCUT2D eigenvalue weighted by molar-refractivity contribution is 1.54. The van der Waals surface area contributed by atoms with Crippen molar-refractivity contribution < 1.29 is 0 Å². The lowest BCUT2D eigenvalue weighted by Crippen LogP contribution is -1.90. The Kier molecular flexibility index (Phi) is 5.04. The van der Waals surface area contributed by atoms with Gasteiger partial charge in [0.2, 0.25) is 0 Å². The molecule has 0 spiro atoms. The Bertz CT molecular complexity index is 1830. The largest absolute Gasteiger partial charge is 0.356 e. The van der Waals surface area contributed by atoms with E-state index in [9.17, 15) is 0 Å². The Labute approximate surface area is 214 Å². The molecule has 1 aromatic heterocycles. The van der Waals surface area contributed by atoms with Crippen LogP contribution in [0.5, 0.6) is 0 Å². The minimum atomic E-state index is 1.08. The molecule has 0 aliphatic rings. The van der Waals surface area contributed by atoms with Gasteiger partial charge >= 0.3 is 0 Å². The molecular formula is C34H23NS. The summed E-state index contributed by atoms with van der Waals surface area (Å²) in [5, 5.41) is 8.84. The average Bonchev–Trinajstić information content (AvgIpc) is 3.33. The molecule has 0 aliphatic heterocycles. The highest BCUT2D eigenvalue weighted by Gasteiger charge is 2.10. The molecule has 7 rings (SSSR count). The maximum absolute atomic E-state index is 3.53. The van der Waals surface area contributed by atoms with Crippen LogP contribution in [-0.2, 0) is 0 Å². The normalized spacial score (nSPS) is 11.3. The molecule has 1 N–H and O–H groups in total. The lowest BCUT2D eigenvalue weighted by Gasteiger charge is -2.09. The smallest absolute Gasteiger partial charge is 0.0433 e. The van der Waals surface area contributed by atoms with Crippen molar-refractivity contribution in [2.75, 3.05) is 5.32 Å². The van der Waals surface area contributed by atoms with Crippen LogP contribution in [0.25, 0.3) is 53.2 Å². The minimum absolute atomic E-state index is 1.08. The highest BCUT2D eigenvalue weighted by molar-refractivity contribution is 7.26. The third kappa shape index (κ3) is 3.73. The minimum Gasteiger partial charge on any atom is -0.356 e. The maximum atomic E-state index is 3.53. The average molecular weight is 478 g/mol. The number of rotatable bonds is 4. The molecular weight excluding hydrogens is 454 g/mol. The second-order valence-electron chi connectivity index (χ2n) is 9.12. The molecule has 0 unspecified atom stereocenters. The van der Waals surface area contributed by atoms with E-state index in [-0.39, 0.29) is 0 Å². The monoisotopic (exact) mass is 477 g/mol. The van der Waals surface area contributed by atoms with E-state index in [2.05, 4.69) is 133 Å². The quantitative estimate of drug-likeness (QED) is 0.266. The molecule has 0 aliphatic carbocycles. The molecule has 0 atom stereocenters. The molecule has 36 heavy (non-hydrogen) atoms. The molecule has 1 heterocycles. The number of anilines is 2. The molecule has 0 saturated heterocycles. The van der Waals surface area contributed by atoms with Crippen molar-refractivity contribution >= 4 is 53.7 Å². The fraction of sp³-hybridized carbons (Fsp3) is 0. The van der Waals surface area contributed by atoms with Crippen LogP contribution < -0.4 is 5.32 Å². The maximum Gasteiger partial charge on any atom is 0.0433 e. The Hall–Kier alpha value is -4.40. The van der Waals surface area contributed by atoms with Crippen molar-refractivity contribution in [2.45, 2.75) is 0 Å². The van der Waals surface area contributed by atoms with Crippen molar-refractivity contribution in [3.8, 4) is 22.3 Å². The summed E-state index contributed by atoms with van der Waals surface area (Å²) in [4.78, 5) is 0. The van der Waals surface area contributed by atoms with Crippen LogP contribution in [0.1, 0.15) is 0 Å². The van der Waals surface area contributed by atoms with Crippen LogP contribution in [0.2, 0.25) is 0 Å². The second-order valence-corrected chi connectivity index (χ2v) is 10.2. The molecule has 0 radical (unpaired) electrons.